The molecular weight excluding hydrogens is 263 g/mol. The van der Waals surface area contributed by atoms with Crippen LogP contribution in [0.5, 0.6) is 0 Å². The summed E-state index contributed by atoms with van der Waals surface area (Å²) in [4.78, 5) is 23.9. The van der Waals surface area contributed by atoms with Crippen LogP contribution in [0.4, 0.5) is 10.1 Å². The number of rotatable bonds is 4. The Kier molecular flexibility index (Phi) is 4.32. The minimum atomic E-state index is -0.969. The number of hydrogen-bond donors (Lipinski definition) is 0. The van der Waals surface area contributed by atoms with Gasteiger partial charge in [-0.3, -0.25) is 14.9 Å². The lowest BCUT2D eigenvalue weighted by molar-refractivity contribution is -0.387. The van der Waals surface area contributed by atoms with E-state index in [1.54, 1.807) is 4.90 Å². The third-order valence-electron chi connectivity index (χ3n) is 3.76. The quantitative estimate of drug-likeness (QED) is 0.628. The Bertz CT molecular complexity index is 527. The first-order valence-corrected chi connectivity index (χ1v) is 6.79. The highest BCUT2D eigenvalue weighted by molar-refractivity contribution is 5.94. The Morgan fingerprint density at radius 1 is 1.45 bits per heavy atom. The van der Waals surface area contributed by atoms with Crippen LogP contribution in [-0.4, -0.2) is 28.3 Å². The van der Waals surface area contributed by atoms with Crippen molar-refractivity contribution < 1.29 is 14.1 Å². The molecule has 1 amide bonds. The van der Waals surface area contributed by atoms with E-state index in [-0.39, 0.29) is 17.5 Å². The van der Waals surface area contributed by atoms with Crippen LogP contribution in [0.3, 0.4) is 0 Å². The van der Waals surface area contributed by atoms with Crippen LogP contribution >= 0.6 is 0 Å². The van der Waals surface area contributed by atoms with E-state index in [0.29, 0.717) is 6.54 Å². The van der Waals surface area contributed by atoms with Crippen LogP contribution in [-0.2, 0) is 0 Å². The Morgan fingerprint density at radius 2 is 2.10 bits per heavy atom. The molecule has 0 unspecified atom stereocenters. The third kappa shape index (κ3) is 2.79. The Hall–Kier alpha value is -1.98. The molecule has 0 N–H and O–H groups in total. The van der Waals surface area contributed by atoms with E-state index in [0.717, 1.165) is 37.8 Å². The Balaban J connectivity index is 2.23. The molecule has 6 heteroatoms. The molecule has 0 saturated heterocycles. The highest BCUT2D eigenvalue weighted by Gasteiger charge is 2.27. The molecular formula is C14H17FN2O3. The van der Waals surface area contributed by atoms with Crippen molar-refractivity contribution in [2.75, 3.05) is 6.54 Å². The minimum Gasteiger partial charge on any atom is -0.336 e. The second-order valence-corrected chi connectivity index (χ2v) is 4.95. The molecule has 0 heterocycles. The standard InChI is InChI=1S/C14H17FN2O3/c1-2-16(11-5-3-4-6-11)14(18)10-7-8-13(17(19)20)12(15)9-10/h7-9,11H,2-6H2,1H3. The molecule has 5 nitrogen and oxygen atoms in total. The zero-order valence-electron chi connectivity index (χ0n) is 11.3. The van der Waals surface area contributed by atoms with Crippen molar-refractivity contribution in [1.29, 1.82) is 0 Å². The fourth-order valence-electron chi connectivity index (χ4n) is 2.74. The van der Waals surface area contributed by atoms with Gasteiger partial charge in [-0.05, 0) is 31.9 Å². The summed E-state index contributed by atoms with van der Waals surface area (Å²) in [7, 11) is 0. The molecule has 1 aromatic rings. The fourth-order valence-corrected chi connectivity index (χ4v) is 2.74. The number of halogens is 1. The normalized spacial score (nSPS) is 15.3. The maximum atomic E-state index is 13.6. The first kappa shape index (κ1) is 14.4. The SMILES string of the molecule is CCN(C(=O)c1ccc([N+](=O)[O-])c(F)c1)C1CCCC1. The lowest BCUT2D eigenvalue weighted by atomic mass is 10.1. The predicted molar refractivity (Wildman–Crippen MR) is 72.0 cm³/mol. The molecule has 0 aromatic heterocycles. The summed E-state index contributed by atoms with van der Waals surface area (Å²) in [5.41, 5.74) is -0.438. The maximum Gasteiger partial charge on any atom is 0.304 e. The Labute approximate surface area is 116 Å². The summed E-state index contributed by atoms with van der Waals surface area (Å²) in [5, 5.41) is 10.6. The number of hydrogen-bond acceptors (Lipinski definition) is 3. The van der Waals surface area contributed by atoms with Gasteiger partial charge in [-0.25, -0.2) is 0 Å². The van der Waals surface area contributed by atoms with E-state index >= 15 is 0 Å². The molecule has 2 rings (SSSR count). The summed E-state index contributed by atoms with van der Waals surface area (Å²) in [5.74, 6) is -1.23. The molecule has 108 valence electrons. The van der Waals surface area contributed by atoms with Crippen LogP contribution in [0.25, 0.3) is 0 Å². The second kappa shape index (κ2) is 5.98. The zero-order chi connectivity index (χ0) is 14.7. The van der Waals surface area contributed by atoms with Crippen LogP contribution in [0.15, 0.2) is 18.2 Å². The van der Waals surface area contributed by atoms with E-state index in [1.165, 1.54) is 6.07 Å². The summed E-state index contributed by atoms with van der Waals surface area (Å²) in [6, 6.07) is 3.52. The van der Waals surface area contributed by atoms with Crippen LogP contribution in [0.1, 0.15) is 43.0 Å². The van der Waals surface area contributed by atoms with Gasteiger partial charge in [-0.15, -0.1) is 0 Å². The molecule has 1 fully saturated rings. The molecule has 20 heavy (non-hydrogen) atoms. The number of nitrogens with zero attached hydrogens (tertiary/aromatic N) is 2. The first-order valence-electron chi connectivity index (χ1n) is 6.79. The second-order valence-electron chi connectivity index (χ2n) is 4.95. The number of benzene rings is 1. The first-order chi connectivity index (χ1) is 9.54. The summed E-state index contributed by atoms with van der Waals surface area (Å²) < 4.78 is 13.6. The predicted octanol–water partition coefficient (Wildman–Crippen LogP) is 3.14. The number of nitro groups is 1. The third-order valence-corrected chi connectivity index (χ3v) is 3.76. The van der Waals surface area contributed by atoms with Gasteiger partial charge in [0.05, 0.1) is 4.92 Å². The topological polar surface area (TPSA) is 63.5 Å². The zero-order valence-corrected chi connectivity index (χ0v) is 11.3. The molecule has 1 saturated carbocycles. The van der Waals surface area contributed by atoms with Gasteiger partial charge in [-0.1, -0.05) is 12.8 Å². The van der Waals surface area contributed by atoms with Gasteiger partial charge in [0.1, 0.15) is 0 Å². The molecule has 1 aliphatic rings. The van der Waals surface area contributed by atoms with Gasteiger partial charge in [0.25, 0.3) is 5.91 Å². The van der Waals surface area contributed by atoms with Crippen LogP contribution in [0, 0.1) is 15.9 Å². The number of carbonyl (C=O) groups excluding carboxylic acids is 1. The number of amides is 1. The minimum absolute atomic E-state index is 0.168. The molecule has 0 spiro atoms. The molecule has 0 radical (unpaired) electrons. The van der Waals surface area contributed by atoms with Crippen molar-refractivity contribution >= 4 is 11.6 Å². The van der Waals surface area contributed by atoms with Gasteiger partial charge in [0.2, 0.25) is 5.82 Å². The highest BCUT2D eigenvalue weighted by atomic mass is 19.1. The van der Waals surface area contributed by atoms with Crippen molar-refractivity contribution in [3.63, 3.8) is 0 Å². The summed E-state index contributed by atoms with van der Waals surface area (Å²) in [6.45, 7) is 2.44. The van der Waals surface area contributed by atoms with Crippen LogP contribution < -0.4 is 0 Å². The molecule has 1 aliphatic carbocycles. The fraction of sp³-hybridized carbons (Fsp3) is 0.500. The van der Waals surface area contributed by atoms with E-state index in [4.69, 9.17) is 0 Å². The largest absolute Gasteiger partial charge is 0.336 e. The van der Waals surface area contributed by atoms with E-state index in [9.17, 15) is 19.3 Å². The van der Waals surface area contributed by atoms with Gasteiger partial charge in [0, 0.05) is 24.2 Å². The van der Waals surface area contributed by atoms with Gasteiger partial charge < -0.3 is 4.90 Å². The lowest BCUT2D eigenvalue weighted by Crippen LogP contribution is -2.38. The molecule has 0 bridgehead atoms. The highest BCUT2D eigenvalue weighted by Crippen LogP contribution is 2.26. The van der Waals surface area contributed by atoms with Gasteiger partial charge in [-0.2, -0.15) is 4.39 Å². The maximum absolute atomic E-state index is 13.6. The Morgan fingerprint density at radius 3 is 2.60 bits per heavy atom. The van der Waals surface area contributed by atoms with Crippen molar-refractivity contribution in [2.45, 2.75) is 38.6 Å². The number of carbonyl (C=O) groups is 1. The van der Waals surface area contributed by atoms with Crippen LogP contribution in [0.2, 0.25) is 0 Å². The van der Waals surface area contributed by atoms with E-state index in [1.807, 2.05) is 6.92 Å². The molecule has 1 aromatic carbocycles. The smallest absolute Gasteiger partial charge is 0.304 e. The average molecular weight is 280 g/mol. The molecule has 0 aliphatic heterocycles. The van der Waals surface area contributed by atoms with Gasteiger partial charge >= 0.3 is 5.69 Å². The van der Waals surface area contributed by atoms with Crippen molar-refractivity contribution in [2.24, 2.45) is 0 Å². The summed E-state index contributed by atoms with van der Waals surface area (Å²) >= 11 is 0. The molecule has 0 atom stereocenters. The van der Waals surface area contributed by atoms with E-state index in [2.05, 4.69) is 0 Å². The average Bonchev–Trinajstić information content (AvgIpc) is 2.92. The monoisotopic (exact) mass is 280 g/mol. The van der Waals surface area contributed by atoms with Crippen molar-refractivity contribution in [3.05, 3.63) is 39.7 Å². The van der Waals surface area contributed by atoms with E-state index < -0.39 is 16.4 Å². The number of nitro benzene ring substituents is 1. The summed E-state index contributed by atoms with van der Waals surface area (Å²) in [6.07, 6.45) is 4.14. The van der Waals surface area contributed by atoms with Gasteiger partial charge in [0.15, 0.2) is 0 Å². The van der Waals surface area contributed by atoms with Crippen molar-refractivity contribution in [3.8, 4) is 0 Å². The van der Waals surface area contributed by atoms with Crippen molar-refractivity contribution in [1.82, 2.24) is 4.90 Å². The lowest BCUT2D eigenvalue weighted by Gasteiger charge is -2.27.